The van der Waals surface area contributed by atoms with Gasteiger partial charge in [-0.15, -0.1) is 0 Å². The van der Waals surface area contributed by atoms with E-state index in [4.69, 9.17) is 47.0 Å². The summed E-state index contributed by atoms with van der Waals surface area (Å²) in [6.07, 6.45) is 12.3. The number of carbonyl (C=O) groups excluding carboxylic acids is 10. The first kappa shape index (κ1) is 79.4. The molecule has 8 aliphatic rings. The Morgan fingerprint density at radius 1 is 0.784 bits per heavy atom. The molecule has 5 heterocycles. The van der Waals surface area contributed by atoms with E-state index in [1.54, 1.807) is 40.9 Å². The van der Waals surface area contributed by atoms with Crippen molar-refractivity contribution in [2.24, 2.45) is 46.8 Å². The Bertz CT molecular complexity index is 3460. The molecular weight excluding hydrogens is 1310 g/mol. The second kappa shape index (κ2) is 34.0. The van der Waals surface area contributed by atoms with E-state index in [-0.39, 0.29) is 92.5 Å². The third-order valence-electron chi connectivity index (χ3n) is 23.6. The number of Topliss-reactive ketones (excluding diaryl/α,β-unsaturated/α-hetero) is 4. The van der Waals surface area contributed by atoms with Crippen molar-refractivity contribution in [1.29, 1.82) is 0 Å². The number of nitrogens with zero attached hydrogens (tertiary/aromatic N) is 1. The zero-order chi connectivity index (χ0) is 74.3. The smallest absolute Gasteiger partial charge is 0.342 e. The number of hydrogen-bond donors (Lipinski definition) is 2. The molecule has 2 N–H and O–H groups in total. The number of aliphatic hydroxyl groups is 2. The van der Waals surface area contributed by atoms with Crippen molar-refractivity contribution in [2.45, 2.75) is 270 Å². The van der Waals surface area contributed by atoms with Crippen LogP contribution in [0.4, 0.5) is 0 Å². The van der Waals surface area contributed by atoms with Crippen LogP contribution in [0.5, 0.6) is 0 Å². The molecule has 0 aromatic carbocycles. The molecule has 2 saturated heterocycles. The third-order valence-corrected chi connectivity index (χ3v) is 23.6. The number of rotatable bonds is 15. The molecule has 1 aromatic heterocycles. The number of piperidine rings is 1. The van der Waals surface area contributed by atoms with E-state index in [2.05, 4.69) is 0 Å². The molecule has 0 radical (unpaired) electrons. The van der Waals surface area contributed by atoms with Gasteiger partial charge in [-0.2, -0.15) is 0 Å². The number of furan rings is 1. The lowest BCUT2D eigenvalue weighted by atomic mass is 9.54. The number of carbonyl (C=O) groups is 10. The van der Waals surface area contributed by atoms with Crippen molar-refractivity contribution in [3.8, 4) is 0 Å². The van der Waals surface area contributed by atoms with Crippen LogP contribution in [-0.4, -0.2) is 175 Å². The van der Waals surface area contributed by atoms with Crippen LogP contribution >= 0.6 is 0 Å². The van der Waals surface area contributed by atoms with E-state index in [1.165, 1.54) is 32.3 Å². The number of fused-ring (bicyclic) bond motifs is 6. The Hall–Kier alpha value is -6.76. The number of aliphatic hydroxyl groups excluding tert-OH is 1. The number of methoxy groups -OCH3 is 3. The highest BCUT2D eigenvalue weighted by molar-refractivity contribution is 6.39. The van der Waals surface area contributed by atoms with Gasteiger partial charge in [0, 0.05) is 94.8 Å². The predicted octanol–water partition coefficient (Wildman–Crippen LogP) is 10.6. The molecule has 4 aliphatic heterocycles. The summed E-state index contributed by atoms with van der Waals surface area (Å²) in [6.45, 7) is 17.7. The van der Waals surface area contributed by atoms with Crippen LogP contribution in [0.2, 0.25) is 0 Å². The molecule has 4 fully saturated rings. The standard InChI is InChI=1S/C79H109NO22/c1-43-21-15-14-16-22-44(2)58(94-12)38-53-29-26-49(7)79(92,102-53)73(88)74(89)80-34-20-19-23-56(80)76(91)99-59(39-57(82)45(3)36-48(6)69(86)72(95-13)68(85)47(5)35-43)46(4)37-51-27-30-52(31-28-51)98-63(83)24-17-18-25-64(84)100-61-33-32-55-65-67(60(97-50(8)81)40-77(55,61)9)78(10)62(42-93-11)101-75(90)54-41-96-71(66(54)78)70(65)87/h14-16,21-22,36,41,43,45-47,49,51-53,55-56,58-62,69,72,86,92H,17-20,23-35,37-40,42H2,1-13H3/b16-14+,21-15+,44-22+,48-36+/t43-,45-,46-,47-,49-,51-,52-,53+,55?,56+,58+,59+,60-,61+,62-,69-,72+,77+,78+,79-/m1/s1. The second-order valence-electron chi connectivity index (χ2n) is 30.9. The molecule has 23 nitrogen and oxygen atoms in total. The molecule has 23 heteroatoms. The summed E-state index contributed by atoms with van der Waals surface area (Å²) in [5, 5.41) is 23.8. The third kappa shape index (κ3) is 17.1. The van der Waals surface area contributed by atoms with Crippen molar-refractivity contribution in [3.05, 3.63) is 81.9 Å². The van der Waals surface area contributed by atoms with Crippen molar-refractivity contribution < 1.29 is 105 Å². The van der Waals surface area contributed by atoms with E-state index in [9.17, 15) is 58.2 Å². The Morgan fingerprint density at radius 2 is 1.49 bits per heavy atom. The number of ether oxygens (including phenoxy) is 9. The van der Waals surface area contributed by atoms with Crippen LogP contribution in [0, 0.1) is 46.8 Å². The molecule has 0 spiro atoms. The first-order chi connectivity index (χ1) is 48.4. The molecule has 102 heavy (non-hydrogen) atoms. The number of ketones is 4. The minimum Gasteiger partial charge on any atom is -0.462 e. The molecule has 4 aliphatic carbocycles. The number of cyclic esters (lactones) is 2. The van der Waals surface area contributed by atoms with Gasteiger partial charge in [0.15, 0.2) is 11.5 Å². The summed E-state index contributed by atoms with van der Waals surface area (Å²) < 4.78 is 59.6. The molecule has 1 aromatic rings. The summed E-state index contributed by atoms with van der Waals surface area (Å²) >= 11 is 0. The summed E-state index contributed by atoms with van der Waals surface area (Å²) in [4.78, 5) is 141. The maximum atomic E-state index is 14.7. The molecule has 562 valence electrons. The largest absolute Gasteiger partial charge is 0.462 e. The summed E-state index contributed by atoms with van der Waals surface area (Å²) in [6, 6.07) is -1.21. The lowest BCUT2D eigenvalue weighted by Gasteiger charge is -2.52. The predicted molar refractivity (Wildman–Crippen MR) is 371 cm³/mol. The van der Waals surface area contributed by atoms with E-state index >= 15 is 0 Å². The number of esters is 5. The number of hydrogen-bond acceptors (Lipinski definition) is 22. The lowest BCUT2D eigenvalue weighted by Crippen LogP contribution is -2.61. The minimum absolute atomic E-state index is 0.000242. The number of amides is 1. The van der Waals surface area contributed by atoms with Crippen LogP contribution in [0.25, 0.3) is 0 Å². The molecule has 2 bridgehead atoms. The van der Waals surface area contributed by atoms with Gasteiger partial charge in [0.05, 0.1) is 24.2 Å². The first-order valence-corrected chi connectivity index (χ1v) is 37.0. The van der Waals surface area contributed by atoms with Gasteiger partial charge in [-0.1, -0.05) is 78.0 Å². The second-order valence-corrected chi connectivity index (χ2v) is 30.9. The van der Waals surface area contributed by atoms with Crippen LogP contribution in [0.1, 0.15) is 224 Å². The average Bonchev–Trinajstić information content (AvgIpc) is 1.41. The van der Waals surface area contributed by atoms with Gasteiger partial charge >= 0.3 is 29.8 Å². The SMILES string of the molecule is COC[C@H]1OC(=O)c2coc3c2[C@@]1(C)C1=C(C3=O)C2CC[C@H](OC(=O)CCCCC(=O)O[C@H]3CC[C@H](C[C@@H](C)[C@@H]4CC(=O)[C@H](C)/C=C(\C)[C@@H](O)[C@@H](OC)C(=O)[C@H](C)C[C@H](C)/C=C/C=C/C=C(\C)[C@@H](OC)C[C@@H]5CC[C@@H](C)[C@@](O)(O5)C(=O)C(=O)N5CCCC[C@H]5C(=O)O4)CC3)[C@@]2(C)C[C@H]1OC(C)=O. The highest BCUT2D eigenvalue weighted by Crippen LogP contribution is 2.63. The van der Waals surface area contributed by atoms with Gasteiger partial charge in [0.1, 0.15) is 66.4 Å². The fourth-order valence-corrected chi connectivity index (χ4v) is 17.6. The number of allylic oxidation sites excluding steroid dienone is 7. The highest BCUT2D eigenvalue weighted by Gasteiger charge is 2.65. The Labute approximate surface area is 599 Å². The number of unbranched alkanes of at least 4 members (excludes halogenated alkanes) is 1. The summed E-state index contributed by atoms with van der Waals surface area (Å²) in [5.41, 5.74) is 0.716. The van der Waals surface area contributed by atoms with Gasteiger partial charge in [-0.05, 0) is 164 Å². The summed E-state index contributed by atoms with van der Waals surface area (Å²) in [5.74, 6) is -11.4. The summed E-state index contributed by atoms with van der Waals surface area (Å²) in [7, 11) is 4.41. The fourth-order valence-electron chi connectivity index (χ4n) is 17.6. The van der Waals surface area contributed by atoms with Crippen LogP contribution < -0.4 is 0 Å². The zero-order valence-corrected chi connectivity index (χ0v) is 61.9. The van der Waals surface area contributed by atoms with Crippen LogP contribution in [0.15, 0.2) is 69.4 Å². The molecule has 9 rings (SSSR count). The van der Waals surface area contributed by atoms with Crippen molar-refractivity contribution in [2.75, 3.05) is 34.5 Å². The quantitative estimate of drug-likeness (QED) is 0.0542. The highest BCUT2D eigenvalue weighted by atomic mass is 16.6. The monoisotopic (exact) mass is 1420 g/mol. The van der Waals surface area contributed by atoms with E-state index in [0.717, 1.165) is 5.57 Å². The van der Waals surface area contributed by atoms with Crippen molar-refractivity contribution >= 4 is 58.9 Å². The normalized spacial score (nSPS) is 37.4. The van der Waals surface area contributed by atoms with Gasteiger partial charge in [0.25, 0.3) is 11.7 Å². The maximum Gasteiger partial charge on any atom is 0.342 e. The Balaban J connectivity index is 0.823. The molecule has 1 unspecified atom stereocenters. The van der Waals surface area contributed by atoms with E-state index in [1.807, 2.05) is 65.0 Å². The lowest BCUT2D eigenvalue weighted by molar-refractivity contribution is -0.265. The Morgan fingerprint density at radius 3 is 2.17 bits per heavy atom. The van der Waals surface area contributed by atoms with Gasteiger partial charge in [-0.25, -0.2) is 9.59 Å². The van der Waals surface area contributed by atoms with Crippen molar-refractivity contribution in [1.82, 2.24) is 4.90 Å². The topological polar surface area (TPSA) is 311 Å². The van der Waals surface area contributed by atoms with Gasteiger partial charge < -0.3 is 62.2 Å². The van der Waals surface area contributed by atoms with Gasteiger partial charge in [0.2, 0.25) is 11.6 Å². The molecule has 18 atom stereocenters. The molecule has 2 saturated carbocycles. The maximum absolute atomic E-state index is 14.7. The first-order valence-electron chi connectivity index (χ1n) is 37.0. The van der Waals surface area contributed by atoms with E-state index in [0.29, 0.717) is 112 Å². The van der Waals surface area contributed by atoms with Crippen molar-refractivity contribution in [3.63, 3.8) is 0 Å². The average molecular weight is 1420 g/mol. The van der Waals surface area contributed by atoms with E-state index < -0.39 is 148 Å². The minimum atomic E-state index is -2.49. The fraction of sp³-hybridized carbons (Fsp3) is 0.696. The van der Waals surface area contributed by atoms with Gasteiger partial charge in [-0.3, -0.25) is 38.4 Å². The van der Waals surface area contributed by atoms with Crippen LogP contribution in [-0.2, 0) is 86.4 Å². The zero-order valence-electron chi connectivity index (χ0n) is 61.9. The molecular formula is C79H109NO22. The Kier molecular flexibility index (Phi) is 26.5. The van der Waals surface area contributed by atoms with Crippen LogP contribution in [0.3, 0.4) is 0 Å². The molecule has 1 amide bonds.